The zero-order valence-electron chi connectivity index (χ0n) is 10.8. The highest BCUT2D eigenvalue weighted by Crippen LogP contribution is 2.32. The van der Waals surface area contributed by atoms with Crippen LogP contribution in [0.3, 0.4) is 0 Å². The third-order valence-corrected chi connectivity index (χ3v) is 5.88. The Bertz CT molecular complexity index is 585. The van der Waals surface area contributed by atoms with Crippen LogP contribution in [-0.2, 0) is 14.7 Å². The summed E-state index contributed by atoms with van der Waals surface area (Å²) in [4.78, 5) is 5.15. The van der Waals surface area contributed by atoms with Gasteiger partial charge in [0.15, 0.2) is 10.6 Å². The van der Waals surface area contributed by atoms with Gasteiger partial charge in [0.05, 0.1) is 11.1 Å². The second-order valence-corrected chi connectivity index (χ2v) is 7.47. The summed E-state index contributed by atoms with van der Waals surface area (Å²) in [6.07, 6.45) is 0.218. The molecule has 104 valence electrons. The summed E-state index contributed by atoms with van der Waals surface area (Å²) in [5, 5.41) is 3.15. The number of halogens is 1. The first-order chi connectivity index (χ1) is 8.89. The van der Waals surface area contributed by atoms with Gasteiger partial charge in [0.2, 0.25) is 9.84 Å². The minimum atomic E-state index is -3.51. The number of sulfone groups is 1. The molecule has 0 saturated carbocycles. The molecule has 19 heavy (non-hydrogen) atoms. The molecule has 0 fully saturated rings. The van der Waals surface area contributed by atoms with Crippen LogP contribution in [0.5, 0.6) is 0 Å². The van der Waals surface area contributed by atoms with Crippen molar-refractivity contribution in [1.29, 1.82) is 0 Å². The summed E-state index contributed by atoms with van der Waals surface area (Å²) in [6.45, 7) is 3.41. The molecule has 0 aliphatic carbocycles. The minimum absolute atomic E-state index is 0.0759. The fourth-order valence-corrected chi connectivity index (χ4v) is 3.59. The van der Waals surface area contributed by atoms with E-state index in [1.807, 2.05) is 18.2 Å². The molecular formula is C13H16ClNO3S. The van der Waals surface area contributed by atoms with Crippen molar-refractivity contribution in [3.63, 3.8) is 0 Å². The lowest BCUT2D eigenvalue weighted by Crippen LogP contribution is -2.29. The number of nitrogens with zero attached hydrogens (tertiary/aromatic N) is 1. The van der Waals surface area contributed by atoms with Gasteiger partial charge >= 0.3 is 0 Å². The van der Waals surface area contributed by atoms with Crippen molar-refractivity contribution in [3.8, 4) is 0 Å². The van der Waals surface area contributed by atoms with Gasteiger partial charge in [0.25, 0.3) is 0 Å². The molecule has 0 saturated heterocycles. The molecule has 1 aliphatic rings. The van der Waals surface area contributed by atoms with Gasteiger partial charge in [-0.05, 0) is 19.4 Å². The van der Waals surface area contributed by atoms with Crippen molar-refractivity contribution in [2.24, 2.45) is 5.16 Å². The predicted octanol–water partition coefficient (Wildman–Crippen LogP) is 2.89. The molecule has 1 aliphatic heterocycles. The van der Waals surface area contributed by atoms with Crippen molar-refractivity contribution in [3.05, 3.63) is 35.9 Å². The summed E-state index contributed by atoms with van der Waals surface area (Å²) >= 11 is 5.77. The van der Waals surface area contributed by atoms with Crippen LogP contribution in [0.4, 0.5) is 0 Å². The fraction of sp³-hybridized carbons (Fsp3) is 0.462. The molecule has 6 heteroatoms. The van der Waals surface area contributed by atoms with Crippen LogP contribution >= 0.6 is 11.6 Å². The summed E-state index contributed by atoms with van der Waals surface area (Å²) in [6, 6.07) is 9.07. The predicted molar refractivity (Wildman–Crippen MR) is 76.0 cm³/mol. The SMILES string of the molecule is CC(c1ccccc1)S(=O)(=O)C1=NOC(C)(CCl)C1. The first kappa shape index (κ1) is 14.3. The average Bonchev–Trinajstić information content (AvgIpc) is 2.83. The standard InChI is InChI=1S/C13H16ClNO3S/c1-10(11-6-4-3-5-7-11)19(16,17)12-8-13(2,9-14)18-15-12/h3-7,10H,8-9H2,1-2H3. The van der Waals surface area contributed by atoms with Gasteiger partial charge < -0.3 is 4.84 Å². The summed E-state index contributed by atoms with van der Waals surface area (Å²) in [7, 11) is -3.51. The van der Waals surface area contributed by atoms with Crippen molar-refractivity contribution in [1.82, 2.24) is 0 Å². The van der Waals surface area contributed by atoms with Gasteiger partial charge in [-0.15, -0.1) is 11.6 Å². The second kappa shape index (κ2) is 5.13. The van der Waals surface area contributed by atoms with Gasteiger partial charge in [-0.25, -0.2) is 8.42 Å². The molecule has 0 N–H and O–H groups in total. The summed E-state index contributed by atoms with van der Waals surface area (Å²) in [5.41, 5.74) is 0.0186. The number of oxime groups is 1. The Labute approximate surface area is 118 Å². The van der Waals surface area contributed by atoms with Crippen molar-refractivity contribution in [2.75, 3.05) is 5.88 Å². The molecule has 1 aromatic carbocycles. The molecule has 0 spiro atoms. The van der Waals surface area contributed by atoms with E-state index in [1.54, 1.807) is 26.0 Å². The zero-order chi connectivity index (χ0) is 14.1. The van der Waals surface area contributed by atoms with Crippen LogP contribution in [-0.4, -0.2) is 24.9 Å². The minimum Gasteiger partial charge on any atom is -0.387 e. The lowest BCUT2D eigenvalue weighted by atomic mass is 10.1. The van der Waals surface area contributed by atoms with Crippen LogP contribution in [0.25, 0.3) is 0 Å². The largest absolute Gasteiger partial charge is 0.387 e. The smallest absolute Gasteiger partial charge is 0.201 e. The van der Waals surface area contributed by atoms with E-state index >= 15 is 0 Å². The molecule has 2 rings (SSSR count). The Morgan fingerprint density at radius 3 is 2.58 bits per heavy atom. The Kier molecular flexibility index (Phi) is 3.87. The Morgan fingerprint density at radius 1 is 1.42 bits per heavy atom. The highest BCUT2D eigenvalue weighted by atomic mass is 35.5. The van der Waals surface area contributed by atoms with Gasteiger partial charge in [-0.2, -0.15) is 0 Å². The monoisotopic (exact) mass is 301 g/mol. The van der Waals surface area contributed by atoms with Crippen molar-refractivity contribution in [2.45, 2.75) is 31.1 Å². The van der Waals surface area contributed by atoms with Crippen LogP contribution in [0.1, 0.15) is 31.1 Å². The van der Waals surface area contributed by atoms with E-state index in [9.17, 15) is 8.42 Å². The van der Waals surface area contributed by atoms with Gasteiger partial charge in [0.1, 0.15) is 0 Å². The first-order valence-electron chi connectivity index (χ1n) is 5.99. The lowest BCUT2D eigenvalue weighted by molar-refractivity contribution is 0.0152. The van der Waals surface area contributed by atoms with Crippen LogP contribution in [0.2, 0.25) is 0 Å². The van der Waals surface area contributed by atoms with E-state index < -0.39 is 20.7 Å². The molecule has 1 aromatic rings. The maximum atomic E-state index is 12.5. The van der Waals surface area contributed by atoms with Crippen molar-refractivity contribution < 1.29 is 13.3 Å². The molecular weight excluding hydrogens is 286 g/mol. The normalized spacial score (nSPS) is 24.7. The first-order valence-corrected chi connectivity index (χ1v) is 8.07. The second-order valence-electron chi connectivity index (χ2n) is 4.93. The third kappa shape index (κ3) is 2.77. The summed E-state index contributed by atoms with van der Waals surface area (Å²) in [5.74, 6) is 0.204. The van der Waals surface area contributed by atoms with E-state index in [0.29, 0.717) is 0 Å². The maximum absolute atomic E-state index is 12.5. The van der Waals surface area contributed by atoms with Gasteiger partial charge in [0, 0.05) is 6.42 Å². The Morgan fingerprint density at radius 2 is 2.05 bits per heavy atom. The number of rotatable bonds is 3. The molecule has 2 atom stereocenters. The fourth-order valence-electron chi connectivity index (χ4n) is 1.88. The van der Waals surface area contributed by atoms with Gasteiger partial charge in [-0.1, -0.05) is 35.5 Å². The molecule has 0 amide bonds. The summed E-state index contributed by atoms with van der Waals surface area (Å²) < 4.78 is 25.0. The molecule has 0 aromatic heterocycles. The number of hydrogen-bond donors (Lipinski definition) is 0. The molecule has 0 radical (unpaired) electrons. The van der Waals surface area contributed by atoms with E-state index in [2.05, 4.69) is 5.16 Å². The molecule has 4 nitrogen and oxygen atoms in total. The molecule has 2 unspecified atom stereocenters. The molecule has 1 heterocycles. The number of hydrogen-bond acceptors (Lipinski definition) is 4. The maximum Gasteiger partial charge on any atom is 0.201 e. The van der Waals surface area contributed by atoms with Crippen LogP contribution in [0.15, 0.2) is 35.5 Å². The van der Waals surface area contributed by atoms with E-state index in [-0.39, 0.29) is 17.3 Å². The van der Waals surface area contributed by atoms with E-state index in [0.717, 1.165) is 5.56 Å². The molecule has 0 bridgehead atoms. The van der Waals surface area contributed by atoms with Crippen LogP contribution < -0.4 is 0 Å². The van der Waals surface area contributed by atoms with Crippen LogP contribution in [0, 0.1) is 0 Å². The highest BCUT2D eigenvalue weighted by Gasteiger charge is 2.41. The van der Waals surface area contributed by atoms with E-state index in [4.69, 9.17) is 16.4 Å². The highest BCUT2D eigenvalue weighted by molar-refractivity contribution is 8.06. The Hall–Kier alpha value is -1.07. The Balaban J connectivity index is 2.25. The third-order valence-electron chi connectivity index (χ3n) is 3.24. The lowest BCUT2D eigenvalue weighted by Gasteiger charge is -2.17. The number of benzene rings is 1. The average molecular weight is 302 g/mol. The van der Waals surface area contributed by atoms with Crippen molar-refractivity contribution >= 4 is 26.5 Å². The van der Waals surface area contributed by atoms with E-state index in [1.165, 1.54) is 0 Å². The van der Waals surface area contributed by atoms with Gasteiger partial charge in [-0.3, -0.25) is 0 Å². The quantitative estimate of drug-likeness (QED) is 0.807. The number of alkyl halides is 1. The zero-order valence-corrected chi connectivity index (χ0v) is 12.4. The topological polar surface area (TPSA) is 55.7 Å².